The van der Waals surface area contributed by atoms with E-state index in [9.17, 15) is 18.0 Å². The van der Waals surface area contributed by atoms with E-state index < -0.39 is 18.5 Å². The summed E-state index contributed by atoms with van der Waals surface area (Å²) < 4.78 is 40.1. The van der Waals surface area contributed by atoms with Gasteiger partial charge in [0.25, 0.3) is 0 Å². The Morgan fingerprint density at radius 3 is 2.53 bits per heavy atom. The number of ether oxygens (including phenoxy) is 1. The Kier molecular flexibility index (Phi) is 4.37. The predicted molar refractivity (Wildman–Crippen MR) is 55.0 cm³/mol. The van der Waals surface area contributed by atoms with Crippen LogP contribution in [0.4, 0.5) is 13.2 Å². The van der Waals surface area contributed by atoms with Crippen molar-refractivity contribution in [2.45, 2.75) is 51.2 Å². The molecule has 0 unspecified atom stereocenters. The highest BCUT2D eigenvalue weighted by molar-refractivity contribution is 5.81. The summed E-state index contributed by atoms with van der Waals surface area (Å²) in [5.41, 5.74) is 5.46. The van der Waals surface area contributed by atoms with Gasteiger partial charge in [-0.2, -0.15) is 0 Å². The first-order valence-electron chi connectivity index (χ1n) is 5.51. The lowest BCUT2D eigenvalue weighted by Crippen LogP contribution is -2.52. The molecule has 0 saturated carbocycles. The SMILES string of the molecule is C[C@@H]1C[C@@H](OC(F)(F)F)CCN1C(=O)[C@@H](C)N. The molecule has 3 atom stereocenters. The van der Waals surface area contributed by atoms with Gasteiger partial charge in [0.15, 0.2) is 0 Å². The van der Waals surface area contributed by atoms with Crippen LogP contribution in [0.1, 0.15) is 26.7 Å². The van der Waals surface area contributed by atoms with E-state index in [-0.39, 0.29) is 31.3 Å². The van der Waals surface area contributed by atoms with Crippen LogP contribution in [0.3, 0.4) is 0 Å². The van der Waals surface area contributed by atoms with Crippen LogP contribution >= 0.6 is 0 Å². The van der Waals surface area contributed by atoms with Crippen molar-refractivity contribution < 1.29 is 22.7 Å². The Balaban J connectivity index is 2.53. The molecular weight excluding hydrogens is 237 g/mol. The molecule has 1 heterocycles. The van der Waals surface area contributed by atoms with Crippen molar-refractivity contribution in [2.75, 3.05) is 6.54 Å². The van der Waals surface area contributed by atoms with Crippen LogP contribution in [0.15, 0.2) is 0 Å². The van der Waals surface area contributed by atoms with E-state index >= 15 is 0 Å². The number of nitrogens with zero attached hydrogens (tertiary/aromatic N) is 1. The molecule has 1 aliphatic rings. The number of amides is 1. The summed E-state index contributed by atoms with van der Waals surface area (Å²) in [6.45, 7) is 3.52. The van der Waals surface area contributed by atoms with Crippen LogP contribution in [0.2, 0.25) is 0 Å². The number of rotatable bonds is 2. The molecule has 17 heavy (non-hydrogen) atoms. The van der Waals surface area contributed by atoms with Gasteiger partial charge in [-0.3, -0.25) is 9.53 Å². The molecule has 0 aromatic heterocycles. The first-order valence-corrected chi connectivity index (χ1v) is 5.51. The van der Waals surface area contributed by atoms with E-state index in [2.05, 4.69) is 4.74 Å². The minimum atomic E-state index is -4.61. The monoisotopic (exact) mass is 254 g/mol. The van der Waals surface area contributed by atoms with Crippen LogP contribution in [0.5, 0.6) is 0 Å². The van der Waals surface area contributed by atoms with Crippen molar-refractivity contribution in [3.8, 4) is 0 Å². The minimum Gasteiger partial charge on any atom is -0.338 e. The number of carbonyl (C=O) groups excluding carboxylic acids is 1. The van der Waals surface area contributed by atoms with Gasteiger partial charge >= 0.3 is 6.36 Å². The Hall–Kier alpha value is -0.820. The molecule has 100 valence electrons. The Bertz CT molecular complexity index is 281. The highest BCUT2D eigenvalue weighted by atomic mass is 19.4. The highest BCUT2D eigenvalue weighted by Crippen LogP contribution is 2.27. The van der Waals surface area contributed by atoms with Gasteiger partial charge in [-0.1, -0.05) is 0 Å². The quantitative estimate of drug-likeness (QED) is 0.807. The molecule has 1 rings (SSSR count). The number of alkyl halides is 3. The number of hydrogen-bond acceptors (Lipinski definition) is 3. The number of likely N-dealkylation sites (tertiary alicyclic amines) is 1. The molecule has 7 heteroatoms. The molecular formula is C10H17F3N2O2. The highest BCUT2D eigenvalue weighted by Gasteiger charge is 2.38. The summed E-state index contributed by atoms with van der Waals surface area (Å²) in [5.74, 6) is -0.233. The molecule has 2 N–H and O–H groups in total. The molecule has 0 spiro atoms. The van der Waals surface area contributed by atoms with Gasteiger partial charge in [0.1, 0.15) is 0 Å². The maximum absolute atomic E-state index is 12.0. The van der Waals surface area contributed by atoms with Crippen LogP contribution in [-0.4, -0.2) is 41.9 Å². The zero-order valence-electron chi connectivity index (χ0n) is 9.83. The van der Waals surface area contributed by atoms with E-state index in [1.165, 1.54) is 4.90 Å². The van der Waals surface area contributed by atoms with E-state index in [0.29, 0.717) is 0 Å². The summed E-state index contributed by atoms with van der Waals surface area (Å²) in [4.78, 5) is 13.2. The van der Waals surface area contributed by atoms with Crippen molar-refractivity contribution in [1.82, 2.24) is 4.90 Å². The number of hydrogen-bond donors (Lipinski definition) is 1. The molecule has 0 aromatic rings. The fourth-order valence-electron chi connectivity index (χ4n) is 2.01. The van der Waals surface area contributed by atoms with E-state index in [4.69, 9.17) is 5.73 Å². The first kappa shape index (κ1) is 14.2. The second-order valence-electron chi connectivity index (χ2n) is 4.38. The second kappa shape index (κ2) is 5.22. The maximum Gasteiger partial charge on any atom is 0.522 e. The molecule has 1 aliphatic heterocycles. The van der Waals surface area contributed by atoms with Gasteiger partial charge in [-0.15, -0.1) is 13.2 Å². The van der Waals surface area contributed by atoms with Crippen LogP contribution < -0.4 is 5.73 Å². The second-order valence-corrected chi connectivity index (χ2v) is 4.38. The third-order valence-electron chi connectivity index (χ3n) is 2.80. The van der Waals surface area contributed by atoms with Crippen LogP contribution in [0, 0.1) is 0 Å². The molecule has 0 radical (unpaired) electrons. The van der Waals surface area contributed by atoms with Crippen molar-refractivity contribution in [3.63, 3.8) is 0 Å². The fraction of sp³-hybridized carbons (Fsp3) is 0.900. The molecule has 1 amide bonds. The Labute approximate surface area is 97.9 Å². The average Bonchev–Trinajstić information content (AvgIpc) is 2.14. The lowest BCUT2D eigenvalue weighted by molar-refractivity contribution is -0.346. The van der Waals surface area contributed by atoms with Gasteiger partial charge in [-0.25, -0.2) is 0 Å². The lowest BCUT2D eigenvalue weighted by Gasteiger charge is -2.38. The molecule has 1 saturated heterocycles. The van der Waals surface area contributed by atoms with E-state index in [1.807, 2.05) is 0 Å². The number of piperidine rings is 1. The van der Waals surface area contributed by atoms with Gasteiger partial charge in [0, 0.05) is 12.6 Å². The van der Waals surface area contributed by atoms with Crippen molar-refractivity contribution in [2.24, 2.45) is 5.73 Å². The Morgan fingerprint density at radius 1 is 1.53 bits per heavy atom. The van der Waals surface area contributed by atoms with Crippen LogP contribution in [-0.2, 0) is 9.53 Å². The molecule has 0 bridgehead atoms. The zero-order chi connectivity index (χ0) is 13.2. The number of nitrogens with two attached hydrogens (primary N) is 1. The number of carbonyl (C=O) groups is 1. The number of halogens is 3. The normalized spacial score (nSPS) is 28.0. The minimum absolute atomic E-state index is 0.179. The summed E-state index contributed by atoms with van der Waals surface area (Å²) in [5, 5.41) is 0. The standard InChI is InChI=1S/C10H17F3N2O2/c1-6-5-8(17-10(11,12)13)3-4-15(6)9(16)7(2)14/h6-8H,3-5,14H2,1-2H3/t6-,7-,8+/m1/s1. The predicted octanol–water partition coefficient (Wildman–Crippen LogP) is 1.25. The summed E-state index contributed by atoms with van der Waals surface area (Å²) >= 11 is 0. The summed E-state index contributed by atoms with van der Waals surface area (Å²) in [6, 6.07) is -0.910. The van der Waals surface area contributed by atoms with Crippen molar-refractivity contribution >= 4 is 5.91 Å². The molecule has 0 aromatic carbocycles. The third kappa shape index (κ3) is 4.16. The van der Waals surface area contributed by atoms with Gasteiger partial charge in [0.05, 0.1) is 12.1 Å². The summed E-state index contributed by atoms with van der Waals surface area (Å²) in [6.07, 6.45) is -5.13. The summed E-state index contributed by atoms with van der Waals surface area (Å²) in [7, 11) is 0. The van der Waals surface area contributed by atoms with Gasteiger partial charge < -0.3 is 10.6 Å². The average molecular weight is 254 g/mol. The first-order chi connectivity index (χ1) is 7.70. The topological polar surface area (TPSA) is 55.6 Å². The lowest BCUT2D eigenvalue weighted by atomic mass is 10.00. The zero-order valence-corrected chi connectivity index (χ0v) is 9.83. The molecule has 1 fully saturated rings. The molecule has 4 nitrogen and oxygen atoms in total. The van der Waals surface area contributed by atoms with Crippen molar-refractivity contribution in [1.29, 1.82) is 0 Å². The van der Waals surface area contributed by atoms with Gasteiger partial charge in [-0.05, 0) is 26.7 Å². The Morgan fingerprint density at radius 2 is 2.12 bits per heavy atom. The van der Waals surface area contributed by atoms with E-state index in [0.717, 1.165) is 0 Å². The third-order valence-corrected chi connectivity index (χ3v) is 2.80. The van der Waals surface area contributed by atoms with Crippen LogP contribution in [0.25, 0.3) is 0 Å². The van der Waals surface area contributed by atoms with Crippen molar-refractivity contribution in [3.05, 3.63) is 0 Å². The van der Waals surface area contributed by atoms with E-state index in [1.54, 1.807) is 13.8 Å². The maximum atomic E-state index is 12.0. The largest absolute Gasteiger partial charge is 0.522 e. The van der Waals surface area contributed by atoms with Gasteiger partial charge in [0.2, 0.25) is 5.91 Å². The fourth-order valence-corrected chi connectivity index (χ4v) is 2.01. The molecule has 0 aliphatic carbocycles. The smallest absolute Gasteiger partial charge is 0.338 e.